The fourth-order valence-electron chi connectivity index (χ4n) is 2.61. The molecule has 0 fully saturated rings. The topological polar surface area (TPSA) is 47.1 Å². The Morgan fingerprint density at radius 3 is 2.70 bits per heavy atom. The van der Waals surface area contributed by atoms with E-state index in [1.807, 2.05) is 38.2 Å². The SMILES string of the molecule is Cc1noc(C)c1CN(C)Cc1cccn1-c1ccc(Cl)cn1. The molecule has 0 N–H and O–H groups in total. The van der Waals surface area contributed by atoms with Gasteiger partial charge in [-0.1, -0.05) is 16.8 Å². The van der Waals surface area contributed by atoms with Crippen LogP contribution >= 0.6 is 11.6 Å². The van der Waals surface area contributed by atoms with Gasteiger partial charge in [0, 0.05) is 36.7 Å². The second-order valence-corrected chi connectivity index (χ2v) is 6.12. The van der Waals surface area contributed by atoms with Gasteiger partial charge in [-0.2, -0.15) is 0 Å². The minimum Gasteiger partial charge on any atom is -0.361 e. The van der Waals surface area contributed by atoms with Crippen molar-refractivity contribution in [3.63, 3.8) is 0 Å². The molecule has 0 amide bonds. The van der Waals surface area contributed by atoms with E-state index in [1.165, 1.54) is 0 Å². The van der Waals surface area contributed by atoms with E-state index in [9.17, 15) is 0 Å². The Hall–Kier alpha value is -2.11. The monoisotopic (exact) mass is 330 g/mol. The van der Waals surface area contributed by atoms with Gasteiger partial charge in [-0.3, -0.25) is 4.90 Å². The van der Waals surface area contributed by atoms with Crippen LogP contribution in [0.15, 0.2) is 41.2 Å². The van der Waals surface area contributed by atoms with E-state index in [0.717, 1.165) is 41.6 Å². The maximum atomic E-state index is 5.91. The molecule has 3 aromatic rings. The van der Waals surface area contributed by atoms with Crippen molar-refractivity contribution in [2.45, 2.75) is 26.9 Å². The molecule has 0 spiro atoms. The molecule has 5 nitrogen and oxygen atoms in total. The van der Waals surface area contributed by atoms with Crippen LogP contribution in [0.1, 0.15) is 22.7 Å². The maximum absolute atomic E-state index is 5.91. The first-order chi connectivity index (χ1) is 11.0. The first-order valence-corrected chi connectivity index (χ1v) is 7.81. The van der Waals surface area contributed by atoms with Crippen LogP contribution in [-0.4, -0.2) is 26.7 Å². The summed E-state index contributed by atoms with van der Waals surface area (Å²) in [5.41, 5.74) is 3.26. The highest BCUT2D eigenvalue weighted by Gasteiger charge is 2.13. The highest BCUT2D eigenvalue weighted by atomic mass is 35.5. The summed E-state index contributed by atoms with van der Waals surface area (Å²) in [5, 5.41) is 4.65. The van der Waals surface area contributed by atoms with E-state index in [4.69, 9.17) is 16.1 Å². The summed E-state index contributed by atoms with van der Waals surface area (Å²) < 4.78 is 7.30. The first kappa shape index (κ1) is 15.8. The van der Waals surface area contributed by atoms with Crippen molar-refractivity contribution in [3.05, 3.63) is 64.4 Å². The van der Waals surface area contributed by atoms with Crippen LogP contribution in [0.5, 0.6) is 0 Å². The van der Waals surface area contributed by atoms with Crippen molar-refractivity contribution in [3.8, 4) is 5.82 Å². The van der Waals surface area contributed by atoms with Gasteiger partial charge in [0.05, 0.1) is 10.7 Å². The second kappa shape index (κ2) is 6.56. The van der Waals surface area contributed by atoms with E-state index in [1.54, 1.807) is 6.20 Å². The number of aromatic nitrogens is 3. The van der Waals surface area contributed by atoms with Crippen molar-refractivity contribution in [2.24, 2.45) is 0 Å². The van der Waals surface area contributed by atoms with E-state index < -0.39 is 0 Å². The lowest BCUT2D eigenvalue weighted by Crippen LogP contribution is -2.20. The average molecular weight is 331 g/mol. The molecule has 6 heteroatoms. The molecule has 0 atom stereocenters. The highest BCUT2D eigenvalue weighted by Crippen LogP contribution is 2.18. The van der Waals surface area contributed by atoms with Crippen molar-refractivity contribution >= 4 is 11.6 Å². The number of nitrogens with zero attached hydrogens (tertiary/aromatic N) is 4. The molecule has 0 saturated heterocycles. The van der Waals surface area contributed by atoms with Crippen molar-refractivity contribution in [1.29, 1.82) is 0 Å². The van der Waals surface area contributed by atoms with Crippen LogP contribution in [0.3, 0.4) is 0 Å². The van der Waals surface area contributed by atoms with Crippen molar-refractivity contribution < 1.29 is 4.52 Å². The molecule has 0 aromatic carbocycles. The lowest BCUT2D eigenvalue weighted by Gasteiger charge is -2.18. The van der Waals surface area contributed by atoms with Gasteiger partial charge in [-0.05, 0) is 45.2 Å². The molecule has 0 saturated carbocycles. The van der Waals surface area contributed by atoms with Gasteiger partial charge in [-0.15, -0.1) is 0 Å². The van der Waals surface area contributed by atoms with E-state index >= 15 is 0 Å². The number of pyridine rings is 1. The van der Waals surface area contributed by atoms with E-state index in [2.05, 4.69) is 32.7 Å². The van der Waals surface area contributed by atoms with E-state index in [0.29, 0.717) is 5.02 Å². The summed E-state index contributed by atoms with van der Waals surface area (Å²) in [7, 11) is 2.08. The standard InChI is InChI=1S/C17H19ClN4O/c1-12-16(13(2)23-20-12)11-21(3)10-15-5-4-8-22(15)17-7-6-14(18)9-19-17/h4-9H,10-11H2,1-3H3. The Morgan fingerprint density at radius 2 is 2.04 bits per heavy atom. The Kier molecular flexibility index (Phi) is 4.50. The summed E-state index contributed by atoms with van der Waals surface area (Å²) in [6.45, 7) is 5.51. The number of hydrogen-bond donors (Lipinski definition) is 0. The lowest BCUT2D eigenvalue weighted by molar-refractivity contribution is 0.309. The summed E-state index contributed by atoms with van der Waals surface area (Å²) in [6.07, 6.45) is 3.67. The second-order valence-electron chi connectivity index (χ2n) is 5.68. The molecule has 0 bridgehead atoms. The van der Waals surface area contributed by atoms with Gasteiger partial charge >= 0.3 is 0 Å². The van der Waals surface area contributed by atoms with Gasteiger partial charge in [0.15, 0.2) is 0 Å². The zero-order valence-corrected chi connectivity index (χ0v) is 14.2. The molecule has 23 heavy (non-hydrogen) atoms. The van der Waals surface area contributed by atoms with Gasteiger partial charge in [-0.25, -0.2) is 4.98 Å². The quantitative estimate of drug-likeness (QED) is 0.714. The number of rotatable bonds is 5. The number of hydrogen-bond acceptors (Lipinski definition) is 4. The largest absolute Gasteiger partial charge is 0.361 e. The van der Waals surface area contributed by atoms with E-state index in [-0.39, 0.29) is 0 Å². The summed E-state index contributed by atoms with van der Waals surface area (Å²) >= 11 is 5.91. The fraction of sp³-hybridized carbons (Fsp3) is 0.294. The van der Waals surface area contributed by atoms with Gasteiger partial charge in [0.2, 0.25) is 0 Å². The summed E-state index contributed by atoms with van der Waals surface area (Å²) in [4.78, 5) is 6.61. The number of aryl methyl sites for hydroxylation is 2. The normalized spacial score (nSPS) is 11.3. The Morgan fingerprint density at radius 1 is 1.22 bits per heavy atom. The van der Waals surface area contributed by atoms with Gasteiger partial charge < -0.3 is 9.09 Å². The predicted octanol–water partition coefficient (Wildman–Crippen LogP) is 3.76. The van der Waals surface area contributed by atoms with Crippen LogP contribution in [0.4, 0.5) is 0 Å². The van der Waals surface area contributed by atoms with Crippen molar-refractivity contribution in [2.75, 3.05) is 7.05 Å². The molecular formula is C17H19ClN4O. The molecule has 3 aromatic heterocycles. The lowest BCUT2D eigenvalue weighted by atomic mass is 10.2. The van der Waals surface area contributed by atoms with Crippen molar-refractivity contribution in [1.82, 2.24) is 19.6 Å². The zero-order valence-electron chi connectivity index (χ0n) is 13.5. The molecule has 0 aliphatic carbocycles. The molecule has 3 heterocycles. The van der Waals surface area contributed by atoms with Crippen LogP contribution in [0.2, 0.25) is 5.02 Å². The smallest absolute Gasteiger partial charge is 0.138 e. The molecular weight excluding hydrogens is 312 g/mol. The summed E-state index contributed by atoms with van der Waals surface area (Å²) in [6, 6.07) is 7.89. The van der Waals surface area contributed by atoms with Crippen LogP contribution in [0, 0.1) is 13.8 Å². The first-order valence-electron chi connectivity index (χ1n) is 7.43. The molecule has 3 rings (SSSR count). The molecule has 0 aliphatic heterocycles. The zero-order chi connectivity index (χ0) is 16.4. The van der Waals surface area contributed by atoms with Gasteiger partial charge in [0.1, 0.15) is 11.6 Å². The van der Waals surface area contributed by atoms with Crippen LogP contribution < -0.4 is 0 Å². The predicted molar refractivity (Wildman–Crippen MR) is 89.7 cm³/mol. The average Bonchev–Trinajstić information content (AvgIpc) is 3.10. The summed E-state index contributed by atoms with van der Waals surface area (Å²) in [5.74, 6) is 1.74. The fourth-order valence-corrected chi connectivity index (χ4v) is 2.72. The molecule has 0 unspecified atom stereocenters. The maximum Gasteiger partial charge on any atom is 0.138 e. The van der Waals surface area contributed by atoms with Crippen LogP contribution in [-0.2, 0) is 13.1 Å². The Balaban J connectivity index is 1.76. The molecule has 0 radical (unpaired) electrons. The third kappa shape index (κ3) is 3.46. The third-order valence-corrected chi connectivity index (χ3v) is 4.06. The molecule has 120 valence electrons. The van der Waals surface area contributed by atoms with Gasteiger partial charge in [0.25, 0.3) is 0 Å². The van der Waals surface area contributed by atoms with Crippen LogP contribution in [0.25, 0.3) is 5.82 Å². The highest BCUT2D eigenvalue weighted by molar-refractivity contribution is 6.30. The Labute approximate surface area is 140 Å². The minimum absolute atomic E-state index is 0.637. The number of halogens is 1. The minimum atomic E-state index is 0.637. The molecule has 0 aliphatic rings. The third-order valence-electron chi connectivity index (χ3n) is 3.83. The Bertz CT molecular complexity index is 772.